The Morgan fingerprint density at radius 3 is 2.74 bits per heavy atom. The largest absolute Gasteiger partial charge is 0.465 e. The monoisotopic (exact) mass is 280 g/mol. The van der Waals surface area contributed by atoms with E-state index in [9.17, 15) is 4.79 Å². The van der Waals surface area contributed by atoms with Gasteiger partial charge in [-0.2, -0.15) is 0 Å². The molecule has 104 valence electrons. The Labute approximate surface area is 120 Å². The number of alkyl halides is 1. The van der Waals surface area contributed by atoms with E-state index in [1.54, 1.807) is 0 Å². The first-order valence-corrected chi connectivity index (χ1v) is 7.58. The summed E-state index contributed by atoms with van der Waals surface area (Å²) in [7, 11) is 0. The molecule has 0 N–H and O–H groups in total. The fraction of sp³-hybridized carbons (Fsp3) is 0.562. The second-order valence-corrected chi connectivity index (χ2v) is 5.65. The van der Waals surface area contributed by atoms with Crippen molar-refractivity contribution in [3.63, 3.8) is 0 Å². The number of hydrogen-bond donors (Lipinski definition) is 0. The maximum Gasteiger partial charge on any atom is 0.293 e. The number of hydrogen-bond acceptors (Lipinski definition) is 2. The van der Waals surface area contributed by atoms with Crippen LogP contribution in [0.2, 0.25) is 0 Å². The molecule has 3 heteroatoms. The first kappa shape index (κ1) is 14.4. The van der Waals surface area contributed by atoms with Crippen molar-refractivity contribution < 1.29 is 9.53 Å². The fourth-order valence-electron chi connectivity index (χ4n) is 3.22. The van der Waals surface area contributed by atoms with Crippen LogP contribution in [0.25, 0.3) is 0 Å². The second-order valence-electron chi connectivity index (χ2n) is 5.28. The van der Waals surface area contributed by atoms with Gasteiger partial charge in [-0.3, -0.25) is 4.79 Å². The highest BCUT2D eigenvalue weighted by Crippen LogP contribution is 2.41. The second kappa shape index (κ2) is 7.54. The first-order valence-electron chi connectivity index (χ1n) is 7.05. The zero-order chi connectivity index (χ0) is 13.5. The van der Waals surface area contributed by atoms with Crippen LogP contribution in [0.15, 0.2) is 30.3 Å². The van der Waals surface area contributed by atoms with Gasteiger partial charge in [0.15, 0.2) is 0 Å². The lowest BCUT2D eigenvalue weighted by molar-refractivity contribution is -0.135. The van der Waals surface area contributed by atoms with E-state index in [2.05, 4.69) is 30.3 Å². The SMILES string of the molecule is O=COC1CCC(c2ccccc2)C(CCCCl)C1. The van der Waals surface area contributed by atoms with E-state index >= 15 is 0 Å². The van der Waals surface area contributed by atoms with E-state index in [0.717, 1.165) is 32.1 Å². The van der Waals surface area contributed by atoms with Crippen molar-refractivity contribution in [1.82, 2.24) is 0 Å². The number of halogens is 1. The maximum atomic E-state index is 10.5. The first-order chi connectivity index (χ1) is 9.35. The standard InChI is InChI=1S/C16H21ClO2/c17-10-4-7-14-11-15(19-12-18)8-9-16(14)13-5-2-1-3-6-13/h1-3,5-6,12,14-16H,4,7-11H2. The summed E-state index contributed by atoms with van der Waals surface area (Å²) in [5, 5.41) is 0. The Kier molecular flexibility index (Phi) is 5.71. The van der Waals surface area contributed by atoms with Gasteiger partial charge < -0.3 is 4.74 Å². The van der Waals surface area contributed by atoms with Crippen LogP contribution in [-0.2, 0) is 9.53 Å². The highest BCUT2D eigenvalue weighted by Gasteiger charge is 2.31. The summed E-state index contributed by atoms with van der Waals surface area (Å²) in [5.74, 6) is 1.85. The number of carbonyl (C=O) groups excluding carboxylic acids is 1. The Hall–Kier alpha value is -1.02. The van der Waals surface area contributed by atoms with Crippen molar-refractivity contribution in [2.75, 3.05) is 5.88 Å². The summed E-state index contributed by atoms with van der Waals surface area (Å²) in [6.45, 7) is 0.589. The van der Waals surface area contributed by atoms with Gasteiger partial charge in [0.05, 0.1) is 0 Å². The normalized spacial score (nSPS) is 26.9. The third kappa shape index (κ3) is 3.97. The van der Waals surface area contributed by atoms with Gasteiger partial charge in [-0.05, 0) is 49.5 Å². The molecule has 2 rings (SSSR count). The Bertz CT molecular complexity index is 380. The van der Waals surface area contributed by atoms with Gasteiger partial charge in [-0.25, -0.2) is 0 Å². The smallest absolute Gasteiger partial charge is 0.293 e. The van der Waals surface area contributed by atoms with E-state index in [1.807, 2.05) is 0 Å². The van der Waals surface area contributed by atoms with E-state index in [-0.39, 0.29) is 6.10 Å². The van der Waals surface area contributed by atoms with Crippen molar-refractivity contribution in [1.29, 1.82) is 0 Å². The minimum atomic E-state index is 0.0952. The number of ether oxygens (including phenoxy) is 1. The molecule has 3 atom stereocenters. The highest BCUT2D eigenvalue weighted by atomic mass is 35.5. The predicted molar refractivity (Wildman–Crippen MR) is 77.4 cm³/mol. The molecule has 19 heavy (non-hydrogen) atoms. The highest BCUT2D eigenvalue weighted by molar-refractivity contribution is 6.17. The molecule has 1 aliphatic carbocycles. The summed E-state index contributed by atoms with van der Waals surface area (Å²) >= 11 is 5.82. The summed E-state index contributed by atoms with van der Waals surface area (Å²) < 4.78 is 5.16. The van der Waals surface area contributed by atoms with Crippen molar-refractivity contribution >= 4 is 18.1 Å². The molecule has 0 radical (unpaired) electrons. The molecule has 1 saturated carbocycles. The molecule has 0 aliphatic heterocycles. The summed E-state index contributed by atoms with van der Waals surface area (Å²) in [5.41, 5.74) is 1.41. The van der Waals surface area contributed by atoms with Crippen LogP contribution in [0.3, 0.4) is 0 Å². The molecule has 1 aromatic rings. The Morgan fingerprint density at radius 1 is 1.26 bits per heavy atom. The minimum Gasteiger partial charge on any atom is -0.465 e. The predicted octanol–water partition coefficient (Wildman–Crippen LogP) is 4.13. The number of carbonyl (C=O) groups is 1. The van der Waals surface area contributed by atoms with Crippen LogP contribution >= 0.6 is 11.6 Å². The van der Waals surface area contributed by atoms with E-state index < -0.39 is 0 Å². The van der Waals surface area contributed by atoms with Gasteiger partial charge >= 0.3 is 0 Å². The van der Waals surface area contributed by atoms with E-state index in [0.29, 0.717) is 24.2 Å². The molecule has 1 aromatic carbocycles. The molecule has 1 aliphatic rings. The quantitative estimate of drug-likeness (QED) is 0.578. The fourth-order valence-corrected chi connectivity index (χ4v) is 3.37. The van der Waals surface area contributed by atoms with Crippen LogP contribution in [0.5, 0.6) is 0 Å². The third-order valence-corrected chi connectivity index (χ3v) is 4.39. The van der Waals surface area contributed by atoms with Crippen molar-refractivity contribution in [2.24, 2.45) is 5.92 Å². The van der Waals surface area contributed by atoms with Gasteiger partial charge in [0.2, 0.25) is 0 Å². The average Bonchev–Trinajstić information content (AvgIpc) is 2.46. The zero-order valence-corrected chi connectivity index (χ0v) is 11.9. The summed E-state index contributed by atoms with van der Waals surface area (Å²) in [6.07, 6.45) is 5.27. The van der Waals surface area contributed by atoms with Gasteiger partial charge in [-0.1, -0.05) is 30.3 Å². The number of rotatable bonds is 6. The Morgan fingerprint density at radius 2 is 2.05 bits per heavy atom. The molecule has 3 unspecified atom stereocenters. The van der Waals surface area contributed by atoms with E-state index in [4.69, 9.17) is 16.3 Å². The topological polar surface area (TPSA) is 26.3 Å². The molecule has 0 saturated heterocycles. The maximum absolute atomic E-state index is 10.5. The number of benzene rings is 1. The van der Waals surface area contributed by atoms with E-state index in [1.165, 1.54) is 5.56 Å². The Balaban J connectivity index is 2.06. The average molecular weight is 281 g/mol. The van der Waals surface area contributed by atoms with Gasteiger partial charge in [0.1, 0.15) is 6.10 Å². The van der Waals surface area contributed by atoms with Gasteiger partial charge in [0, 0.05) is 5.88 Å². The van der Waals surface area contributed by atoms with Crippen molar-refractivity contribution in [3.05, 3.63) is 35.9 Å². The molecule has 2 nitrogen and oxygen atoms in total. The molecule has 0 aromatic heterocycles. The molecular weight excluding hydrogens is 260 g/mol. The van der Waals surface area contributed by atoms with Crippen molar-refractivity contribution in [3.8, 4) is 0 Å². The summed E-state index contributed by atoms with van der Waals surface area (Å²) in [4.78, 5) is 10.5. The van der Waals surface area contributed by atoms with Crippen LogP contribution in [0, 0.1) is 5.92 Å². The van der Waals surface area contributed by atoms with Crippen LogP contribution in [0.4, 0.5) is 0 Å². The van der Waals surface area contributed by atoms with Crippen LogP contribution in [-0.4, -0.2) is 18.5 Å². The molecular formula is C16H21ClO2. The lowest BCUT2D eigenvalue weighted by Crippen LogP contribution is -2.28. The van der Waals surface area contributed by atoms with Crippen molar-refractivity contribution in [2.45, 2.75) is 44.1 Å². The minimum absolute atomic E-state index is 0.0952. The molecule has 0 heterocycles. The lowest BCUT2D eigenvalue weighted by Gasteiger charge is -2.35. The zero-order valence-electron chi connectivity index (χ0n) is 11.1. The van der Waals surface area contributed by atoms with Crippen LogP contribution < -0.4 is 0 Å². The lowest BCUT2D eigenvalue weighted by atomic mass is 9.72. The molecule has 1 fully saturated rings. The summed E-state index contributed by atoms with van der Waals surface area (Å²) in [6, 6.07) is 10.7. The van der Waals surface area contributed by atoms with Gasteiger partial charge in [-0.15, -0.1) is 11.6 Å². The molecule has 0 amide bonds. The molecule has 0 spiro atoms. The van der Waals surface area contributed by atoms with Gasteiger partial charge in [0.25, 0.3) is 6.47 Å². The third-order valence-electron chi connectivity index (χ3n) is 4.12. The van der Waals surface area contributed by atoms with Crippen LogP contribution in [0.1, 0.15) is 43.6 Å². The molecule has 0 bridgehead atoms.